The number of fused-ring (bicyclic) bond motifs is 1. The summed E-state index contributed by atoms with van der Waals surface area (Å²) in [4.78, 5) is 36.8. The van der Waals surface area contributed by atoms with Crippen LogP contribution in [0.25, 0.3) is 10.1 Å². The number of phosphoric acid groups is 3. The first kappa shape index (κ1) is 25.3. The second-order valence-corrected chi connectivity index (χ2v) is 12.6. The molecule has 0 radical (unpaired) electrons. The molecule has 31 heavy (non-hydrogen) atoms. The second kappa shape index (κ2) is 9.13. The monoisotopic (exact) mass is 537 g/mol. The van der Waals surface area contributed by atoms with Crippen molar-refractivity contribution in [1.29, 1.82) is 0 Å². The van der Waals surface area contributed by atoms with E-state index in [0.717, 1.165) is 15.0 Å². The van der Waals surface area contributed by atoms with Gasteiger partial charge in [0, 0.05) is 27.6 Å². The molecule has 3 rings (SSSR count). The second-order valence-electron chi connectivity index (χ2n) is 6.48. The molecule has 0 saturated carbocycles. The maximum atomic E-state index is 11.8. The minimum absolute atomic E-state index is 0.0767. The quantitative estimate of drug-likeness (QED) is 0.244. The molecule has 1 saturated heterocycles. The van der Waals surface area contributed by atoms with E-state index < -0.39 is 48.5 Å². The average molecular weight is 537 g/mol. The highest BCUT2D eigenvalue weighted by atomic mass is 32.1. The van der Waals surface area contributed by atoms with E-state index in [9.17, 15) is 23.7 Å². The number of ether oxygens (including phenoxy) is 1. The molecule has 0 amide bonds. The Bertz CT molecular complexity index is 1170. The Labute approximate surface area is 184 Å². The molecule has 2 aromatic heterocycles. The van der Waals surface area contributed by atoms with Crippen LogP contribution in [0.4, 0.5) is 0 Å². The van der Waals surface area contributed by atoms with Crippen molar-refractivity contribution < 1.29 is 56.3 Å². The highest BCUT2D eigenvalue weighted by molar-refractivity contribution is 7.71. The van der Waals surface area contributed by atoms with Crippen LogP contribution in [0.3, 0.4) is 0 Å². The van der Waals surface area contributed by atoms with Crippen LogP contribution in [0.2, 0.25) is 0 Å². The Morgan fingerprint density at radius 1 is 1.23 bits per heavy atom. The summed E-state index contributed by atoms with van der Waals surface area (Å²) >= 11 is 7.06. The van der Waals surface area contributed by atoms with Gasteiger partial charge in [0.1, 0.15) is 17.0 Å². The third-order valence-corrected chi connectivity index (χ3v) is 9.32. The van der Waals surface area contributed by atoms with Crippen LogP contribution in [0.15, 0.2) is 18.3 Å². The molecule has 0 spiro atoms. The number of aryl methyl sites for hydroxylation is 1. The van der Waals surface area contributed by atoms with E-state index in [1.807, 2.05) is 19.1 Å². The van der Waals surface area contributed by atoms with Gasteiger partial charge in [-0.2, -0.15) is 8.62 Å². The Hall–Kier alpha value is -0.340. The van der Waals surface area contributed by atoms with Crippen molar-refractivity contribution in [3.63, 3.8) is 0 Å². The Balaban J connectivity index is 1.66. The molecule has 5 atom stereocenters. The molecule has 0 aliphatic carbocycles. The molecular weight excluding hydrogens is 519 g/mol. The first-order valence-corrected chi connectivity index (χ1v) is 14.1. The van der Waals surface area contributed by atoms with E-state index in [2.05, 4.69) is 13.1 Å². The molecule has 3 heterocycles. The third-order valence-electron chi connectivity index (χ3n) is 4.07. The number of rotatable bonds is 8. The number of aliphatic hydroxyl groups excluding tert-OH is 1. The first-order chi connectivity index (χ1) is 14.2. The van der Waals surface area contributed by atoms with E-state index in [1.165, 1.54) is 0 Å². The zero-order valence-electron chi connectivity index (χ0n) is 15.6. The smallest absolute Gasteiger partial charge is 0.390 e. The van der Waals surface area contributed by atoms with Gasteiger partial charge in [-0.3, -0.25) is 4.52 Å². The lowest BCUT2D eigenvalue weighted by molar-refractivity contribution is -0.0438. The van der Waals surface area contributed by atoms with Gasteiger partial charge in [0.2, 0.25) is 0 Å². The van der Waals surface area contributed by atoms with Gasteiger partial charge in [-0.05, 0) is 19.1 Å². The van der Waals surface area contributed by atoms with Crippen LogP contribution in [0.1, 0.15) is 17.5 Å². The molecule has 5 N–H and O–H groups in total. The zero-order valence-corrected chi connectivity index (χ0v) is 19.9. The lowest BCUT2D eigenvalue weighted by atomic mass is 10.2. The fraction of sp³-hybridized carbons (Fsp3) is 0.462. The van der Waals surface area contributed by atoms with Crippen LogP contribution in [0.5, 0.6) is 0 Å². The van der Waals surface area contributed by atoms with Crippen molar-refractivity contribution in [2.24, 2.45) is 0 Å². The Morgan fingerprint density at radius 2 is 1.90 bits per heavy atom. The minimum Gasteiger partial charge on any atom is -0.390 e. The predicted octanol–water partition coefficient (Wildman–Crippen LogP) is 2.73. The predicted molar refractivity (Wildman–Crippen MR) is 110 cm³/mol. The molecular formula is C13H18NO12P3S2. The van der Waals surface area contributed by atoms with E-state index in [1.54, 1.807) is 22.1 Å². The van der Waals surface area contributed by atoms with Crippen LogP contribution in [0, 0.1) is 11.6 Å². The summed E-state index contributed by atoms with van der Waals surface area (Å²) in [6, 6.07) is 3.77. The largest absolute Gasteiger partial charge is 0.490 e. The lowest BCUT2D eigenvalue weighted by Gasteiger charge is -2.19. The summed E-state index contributed by atoms with van der Waals surface area (Å²) in [6.07, 6.45) is -1.20. The number of aromatic nitrogens is 1. The van der Waals surface area contributed by atoms with Crippen molar-refractivity contribution in [2.75, 3.05) is 6.61 Å². The molecule has 2 aromatic rings. The summed E-state index contributed by atoms with van der Waals surface area (Å²) in [6.45, 7) is 1.20. The van der Waals surface area contributed by atoms with E-state index in [0.29, 0.717) is 4.64 Å². The van der Waals surface area contributed by atoms with Crippen LogP contribution < -0.4 is 0 Å². The van der Waals surface area contributed by atoms with Gasteiger partial charge < -0.3 is 34.0 Å². The summed E-state index contributed by atoms with van der Waals surface area (Å²) in [5.74, 6) is 0. The van der Waals surface area contributed by atoms with E-state index in [-0.39, 0.29) is 6.42 Å². The van der Waals surface area contributed by atoms with Crippen molar-refractivity contribution in [1.82, 2.24) is 4.57 Å². The van der Waals surface area contributed by atoms with Crippen LogP contribution in [-0.4, -0.2) is 48.1 Å². The fourth-order valence-electron chi connectivity index (χ4n) is 2.91. The number of pyridine rings is 1. The Kier molecular flexibility index (Phi) is 7.45. The van der Waals surface area contributed by atoms with Gasteiger partial charge in [0.25, 0.3) is 0 Å². The van der Waals surface area contributed by atoms with Gasteiger partial charge in [-0.25, -0.2) is 13.7 Å². The molecule has 1 fully saturated rings. The number of hydrogen-bond acceptors (Lipinski definition) is 10. The summed E-state index contributed by atoms with van der Waals surface area (Å²) in [5.41, 5.74) is 0. The molecule has 1 aliphatic heterocycles. The first-order valence-electron chi connectivity index (χ1n) is 8.39. The van der Waals surface area contributed by atoms with Gasteiger partial charge in [0.15, 0.2) is 0 Å². The summed E-state index contributed by atoms with van der Waals surface area (Å²) < 4.78 is 54.3. The number of hydrogen-bond donors (Lipinski definition) is 5. The van der Waals surface area contributed by atoms with Gasteiger partial charge in [-0.15, -0.1) is 11.3 Å². The maximum absolute atomic E-state index is 11.8. The maximum Gasteiger partial charge on any atom is 0.490 e. The minimum atomic E-state index is -5.62. The SMILES string of the molecule is Cc1cc2c(=S)n([C@H]3C[C@@H](O)[C@@H](COP(=O)(O)OP(=O)(O)OP(=O)(O)O)O3)ccc2s1. The standard InChI is InChI=1S/C13H18NO12P3S2/c1-7-4-8-11(31-7)2-3-14(13(8)30)12-5-9(15)10(24-12)6-23-28(19,20)26-29(21,22)25-27(16,17)18/h2-4,9-10,12,15H,5-6H2,1H3,(H,19,20)(H,21,22)(H2,16,17,18)/t9-,10-,12-/m1/s1. The van der Waals surface area contributed by atoms with Crippen molar-refractivity contribution >= 4 is 57.1 Å². The summed E-state index contributed by atoms with van der Waals surface area (Å²) in [5, 5.41) is 11.1. The van der Waals surface area contributed by atoms with Crippen LogP contribution >= 0.6 is 47.0 Å². The Morgan fingerprint density at radius 3 is 2.55 bits per heavy atom. The zero-order chi connectivity index (χ0) is 23.2. The highest BCUT2D eigenvalue weighted by Gasteiger charge is 2.42. The fourth-order valence-corrected chi connectivity index (χ4v) is 7.27. The molecule has 0 bridgehead atoms. The highest BCUT2D eigenvalue weighted by Crippen LogP contribution is 2.66. The van der Waals surface area contributed by atoms with Gasteiger partial charge in [0.05, 0.1) is 12.7 Å². The van der Waals surface area contributed by atoms with Crippen molar-refractivity contribution in [3.05, 3.63) is 27.8 Å². The number of nitrogens with zero attached hydrogens (tertiary/aromatic N) is 1. The van der Waals surface area contributed by atoms with E-state index in [4.69, 9.17) is 31.6 Å². The average Bonchev–Trinajstić information content (AvgIpc) is 3.12. The van der Waals surface area contributed by atoms with Crippen LogP contribution in [-0.2, 0) is 31.6 Å². The third kappa shape index (κ3) is 6.59. The molecule has 2 unspecified atom stereocenters. The van der Waals surface area contributed by atoms with E-state index >= 15 is 0 Å². The normalized spacial score (nSPS) is 26.1. The molecule has 174 valence electrons. The van der Waals surface area contributed by atoms with Gasteiger partial charge >= 0.3 is 23.5 Å². The topological polar surface area (TPSA) is 194 Å². The number of phosphoric ester groups is 1. The molecule has 0 aromatic carbocycles. The number of thiophene rings is 1. The number of aliphatic hydroxyl groups is 1. The van der Waals surface area contributed by atoms with Gasteiger partial charge in [-0.1, -0.05) is 12.2 Å². The van der Waals surface area contributed by atoms with Crippen molar-refractivity contribution in [3.8, 4) is 0 Å². The molecule has 13 nitrogen and oxygen atoms in total. The molecule has 18 heteroatoms. The molecule has 1 aliphatic rings. The van der Waals surface area contributed by atoms with Crippen molar-refractivity contribution in [2.45, 2.75) is 31.8 Å². The lowest BCUT2D eigenvalue weighted by Crippen LogP contribution is -2.26. The summed E-state index contributed by atoms with van der Waals surface area (Å²) in [7, 11) is -16.4.